The number of hydrogen-bond acceptors (Lipinski definition) is 5. The molecule has 1 unspecified atom stereocenters. The van der Waals surface area contributed by atoms with Crippen LogP contribution in [0, 0.1) is 0 Å². The van der Waals surface area contributed by atoms with Gasteiger partial charge in [0.2, 0.25) is 0 Å². The predicted octanol–water partition coefficient (Wildman–Crippen LogP) is 3.11. The summed E-state index contributed by atoms with van der Waals surface area (Å²) in [5, 5.41) is 7.97. The molecule has 0 aliphatic carbocycles. The first-order chi connectivity index (χ1) is 13.2. The number of aromatic nitrogens is 2. The average molecular weight is 382 g/mol. The summed E-state index contributed by atoms with van der Waals surface area (Å²) in [5.74, 6) is 0.725. The van der Waals surface area contributed by atoms with E-state index >= 15 is 0 Å². The SMILES string of the molecule is CNc1ncnc2cc(C(=O)N3CCNCC3c3ccccc3Cl)ccc12. The third kappa shape index (κ3) is 3.34. The van der Waals surface area contributed by atoms with Crippen molar-refractivity contribution in [1.82, 2.24) is 20.2 Å². The number of nitrogens with zero attached hydrogens (tertiary/aromatic N) is 3. The Morgan fingerprint density at radius 2 is 2.11 bits per heavy atom. The fraction of sp³-hybridized carbons (Fsp3) is 0.250. The van der Waals surface area contributed by atoms with E-state index in [0.29, 0.717) is 23.7 Å². The molecule has 1 saturated heterocycles. The Labute approximate surface area is 162 Å². The molecule has 1 atom stereocenters. The number of fused-ring (bicyclic) bond motifs is 1. The number of amides is 1. The maximum absolute atomic E-state index is 13.3. The third-order valence-electron chi connectivity index (χ3n) is 4.89. The van der Waals surface area contributed by atoms with Crippen LogP contribution in [-0.4, -0.2) is 47.5 Å². The fourth-order valence-corrected chi connectivity index (χ4v) is 3.79. The normalized spacial score (nSPS) is 17.1. The van der Waals surface area contributed by atoms with Crippen molar-refractivity contribution >= 4 is 34.2 Å². The van der Waals surface area contributed by atoms with Gasteiger partial charge in [-0.2, -0.15) is 0 Å². The molecular formula is C20H20ClN5O. The smallest absolute Gasteiger partial charge is 0.254 e. The average Bonchev–Trinajstić information content (AvgIpc) is 2.72. The second-order valence-electron chi connectivity index (χ2n) is 6.44. The maximum Gasteiger partial charge on any atom is 0.254 e. The lowest BCUT2D eigenvalue weighted by Crippen LogP contribution is -2.48. The highest BCUT2D eigenvalue weighted by atomic mass is 35.5. The lowest BCUT2D eigenvalue weighted by atomic mass is 10.0. The van der Waals surface area contributed by atoms with Crippen molar-refractivity contribution in [3.05, 3.63) is 64.9 Å². The molecule has 1 aliphatic heterocycles. The minimum absolute atomic E-state index is 0.0204. The van der Waals surface area contributed by atoms with Crippen molar-refractivity contribution in [2.24, 2.45) is 0 Å². The zero-order chi connectivity index (χ0) is 18.8. The lowest BCUT2D eigenvalue weighted by Gasteiger charge is -2.37. The molecule has 27 heavy (non-hydrogen) atoms. The summed E-state index contributed by atoms with van der Waals surface area (Å²) < 4.78 is 0. The zero-order valence-corrected chi connectivity index (χ0v) is 15.7. The number of carbonyl (C=O) groups excluding carboxylic acids is 1. The maximum atomic E-state index is 13.3. The summed E-state index contributed by atoms with van der Waals surface area (Å²) in [6.07, 6.45) is 1.50. The number of benzene rings is 2. The van der Waals surface area contributed by atoms with Gasteiger partial charge >= 0.3 is 0 Å². The Morgan fingerprint density at radius 3 is 2.93 bits per heavy atom. The van der Waals surface area contributed by atoms with E-state index in [1.807, 2.05) is 54.4 Å². The minimum atomic E-state index is -0.103. The number of piperazine rings is 1. The second-order valence-corrected chi connectivity index (χ2v) is 6.85. The van der Waals surface area contributed by atoms with Crippen molar-refractivity contribution < 1.29 is 4.79 Å². The number of anilines is 1. The fourth-order valence-electron chi connectivity index (χ4n) is 3.53. The van der Waals surface area contributed by atoms with Crippen LogP contribution >= 0.6 is 11.6 Å². The van der Waals surface area contributed by atoms with E-state index in [1.165, 1.54) is 6.33 Å². The Balaban J connectivity index is 1.70. The Morgan fingerprint density at radius 1 is 1.26 bits per heavy atom. The van der Waals surface area contributed by atoms with Gasteiger partial charge in [-0.15, -0.1) is 0 Å². The van der Waals surface area contributed by atoms with Gasteiger partial charge in [0.25, 0.3) is 5.91 Å². The van der Waals surface area contributed by atoms with Crippen LogP contribution in [0.4, 0.5) is 5.82 Å². The van der Waals surface area contributed by atoms with E-state index in [2.05, 4.69) is 20.6 Å². The summed E-state index contributed by atoms with van der Waals surface area (Å²) in [7, 11) is 1.82. The van der Waals surface area contributed by atoms with Crippen LogP contribution in [0.15, 0.2) is 48.8 Å². The molecule has 0 radical (unpaired) electrons. The van der Waals surface area contributed by atoms with Crippen LogP contribution in [0.3, 0.4) is 0 Å². The van der Waals surface area contributed by atoms with Crippen LogP contribution in [0.5, 0.6) is 0 Å². The van der Waals surface area contributed by atoms with Crippen molar-refractivity contribution in [1.29, 1.82) is 0 Å². The third-order valence-corrected chi connectivity index (χ3v) is 5.23. The van der Waals surface area contributed by atoms with Gasteiger partial charge in [-0.3, -0.25) is 4.79 Å². The van der Waals surface area contributed by atoms with E-state index in [1.54, 1.807) is 0 Å². The van der Waals surface area contributed by atoms with Gasteiger partial charge in [0.05, 0.1) is 11.6 Å². The first kappa shape index (κ1) is 17.7. The molecule has 1 aliphatic rings. The van der Waals surface area contributed by atoms with Gasteiger partial charge in [0, 0.05) is 42.7 Å². The minimum Gasteiger partial charge on any atom is -0.373 e. The molecule has 1 fully saturated rings. The molecule has 0 saturated carbocycles. The molecule has 6 nitrogen and oxygen atoms in total. The topological polar surface area (TPSA) is 70.2 Å². The first-order valence-corrected chi connectivity index (χ1v) is 9.25. The summed E-state index contributed by atoms with van der Waals surface area (Å²) in [4.78, 5) is 23.7. The molecule has 0 spiro atoms. The van der Waals surface area contributed by atoms with Gasteiger partial charge < -0.3 is 15.5 Å². The molecule has 0 bridgehead atoms. The van der Waals surface area contributed by atoms with Crippen LogP contribution in [-0.2, 0) is 0 Å². The van der Waals surface area contributed by atoms with Crippen LogP contribution < -0.4 is 10.6 Å². The molecule has 2 heterocycles. The highest BCUT2D eigenvalue weighted by molar-refractivity contribution is 6.31. The van der Waals surface area contributed by atoms with E-state index in [9.17, 15) is 4.79 Å². The second kappa shape index (κ2) is 7.50. The number of carbonyl (C=O) groups is 1. The molecule has 2 aromatic carbocycles. The van der Waals surface area contributed by atoms with Crippen molar-refractivity contribution in [3.8, 4) is 0 Å². The van der Waals surface area contributed by atoms with Gasteiger partial charge in [-0.25, -0.2) is 9.97 Å². The van der Waals surface area contributed by atoms with E-state index in [0.717, 1.165) is 28.8 Å². The summed E-state index contributed by atoms with van der Waals surface area (Å²) >= 11 is 6.40. The van der Waals surface area contributed by atoms with Crippen LogP contribution in [0.2, 0.25) is 5.02 Å². The van der Waals surface area contributed by atoms with Gasteiger partial charge in [0.15, 0.2) is 0 Å². The van der Waals surface area contributed by atoms with E-state index < -0.39 is 0 Å². The molecule has 2 N–H and O–H groups in total. The molecule has 1 amide bonds. The van der Waals surface area contributed by atoms with Crippen molar-refractivity contribution in [2.45, 2.75) is 6.04 Å². The van der Waals surface area contributed by atoms with Crippen molar-refractivity contribution in [2.75, 3.05) is 32.0 Å². The highest BCUT2D eigenvalue weighted by Gasteiger charge is 2.30. The van der Waals surface area contributed by atoms with Crippen molar-refractivity contribution in [3.63, 3.8) is 0 Å². The molecule has 7 heteroatoms. The Bertz CT molecular complexity index is 993. The van der Waals surface area contributed by atoms with Gasteiger partial charge in [-0.05, 0) is 29.8 Å². The quantitative estimate of drug-likeness (QED) is 0.729. The van der Waals surface area contributed by atoms with E-state index in [4.69, 9.17) is 11.6 Å². The predicted molar refractivity (Wildman–Crippen MR) is 107 cm³/mol. The molecule has 1 aromatic heterocycles. The summed E-state index contributed by atoms with van der Waals surface area (Å²) in [6.45, 7) is 2.06. The molecular weight excluding hydrogens is 362 g/mol. The summed E-state index contributed by atoms with van der Waals surface area (Å²) in [6, 6.07) is 13.1. The first-order valence-electron chi connectivity index (χ1n) is 8.87. The number of rotatable bonds is 3. The highest BCUT2D eigenvalue weighted by Crippen LogP contribution is 2.30. The van der Waals surface area contributed by atoms with Gasteiger partial charge in [-0.1, -0.05) is 29.8 Å². The zero-order valence-electron chi connectivity index (χ0n) is 14.9. The molecule has 138 valence electrons. The van der Waals surface area contributed by atoms with Crippen LogP contribution in [0.1, 0.15) is 22.0 Å². The number of halogens is 1. The summed E-state index contributed by atoms with van der Waals surface area (Å²) in [5.41, 5.74) is 2.31. The standard InChI is InChI=1S/C20H20ClN5O/c1-22-19-15-7-6-13(10-17(15)24-12-25-19)20(27)26-9-8-23-11-18(26)14-4-2-3-5-16(14)21/h2-7,10,12,18,23H,8-9,11H2,1H3,(H,22,24,25). The number of hydrogen-bond donors (Lipinski definition) is 2. The largest absolute Gasteiger partial charge is 0.373 e. The van der Waals surface area contributed by atoms with Crippen LogP contribution in [0.25, 0.3) is 10.9 Å². The van der Waals surface area contributed by atoms with Gasteiger partial charge in [0.1, 0.15) is 12.1 Å². The number of nitrogens with one attached hydrogen (secondary N) is 2. The van der Waals surface area contributed by atoms with E-state index in [-0.39, 0.29) is 11.9 Å². The monoisotopic (exact) mass is 381 g/mol. The molecule has 3 aromatic rings. The Hall–Kier alpha value is -2.70. The lowest BCUT2D eigenvalue weighted by molar-refractivity contribution is 0.0634. The molecule has 4 rings (SSSR count). The Kier molecular flexibility index (Phi) is 4.92.